The van der Waals surface area contributed by atoms with Gasteiger partial charge in [-0.1, -0.05) is 11.2 Å². The molecule has 0 spiro atoms. The van der Waals surface area contributed by atoms with Gasteiger partial charge in [0.15, 0.2) is 5.76 Å². The molecule has 2 heterocycles. The van der Waals surface area contributed by atoms with Crippen LogP contribution in [0.3, 0.4) is 0 Å². The number of hydrogen-bond acceptors (Lipinski definition) is 5. The van der Waals surface area contributed by atoms with E-state index < -0.39 is 5.97 Å². The largest absolute Gasteiger partial charge is 0.481 e. The summed E-state index contributed by atoms with van der Waals surface area (Å²) in [4.78, 5) is 11.3. The molecule has 0 aromatic carbocycles. The van der Waals surface area contributed by atoms with E-state index in [2.05, 4.69) is 5.16 Å². The summed E-state index contributed by atoms with van der Waals surface area (Å²) < 4.78 is 5.17. The number of carbonyl (C=O) groups is 1. The van der Waals surface area contributed by atoms with Crippen LogP contribution in [-0.4, -0.2) is 22.0 Å². The summed E-state index contributed by atoms with van der Waals surface area (Å²) in [7, 11) is 0. The zero-order chi connectivity index (χ0) is 11.4. The van der Waals surface area contributed by atoms with Gasteiger partial charge >= 0.3 is 5.97 Å². The number of nitrogens with zero attached hydrogens (tertiary/aromatic N) is 1. The third-order valence-corrected chi connectivity index (χ3v) is 3.63. The Kier molecular flexibility index (Phi) is 3.63. The lowest BCUT2D eigenvalue weighted by Gasteiger charge is -1.91. The highest BCUT2D eigenvalue weighted by Gasteiger charge is 2.08. The second-order valence-electron chi connectivity index (χ2n) is 3.05. The number of carboxylic acids is 1. The van der Waals surface area contributed by atoms with Gasteiger partial charge in [-0.15, -0.1) is 23.1 Å². The van der Waals surface area contributed by atoms with Gasteiger partial charge < -0.3 is 9.63 Å². The number of aliphatic carboxylic acids is 1. The van der Waals surface area contributed by atoms with E-state index in [1.807, 2.05) is 23.6 Å². The van der Waals surface area contributed by atoms with E-state index in [1.54, 1.807) is 11.3 Å². The Morgan fingerprint density at radius 1 is 1.62 bits per heavy atom. The average Bonchev–Trinajstić information content (AvgIpc) is 2.85. The summed E-state index contributed by atoms with van der Waals surface area (Å²) in [6.07, 6.45) is 0. The molecular formula is C10H9NO3S2. The molecule has 84 valence electrons. The molecule has 0 amide bonds. The lowest BCUT2D eigenvalue weighted by atomic mass is 10.3. The third-order valence-electron chi connectivity index (χ3n) is 1.80. The first kappa shape index (κ1) is 11.2. The summed E-state index contributed by atoms with van der Waals surface area (Å²) in [6, 6.07) is 5.75. The van der Waals surface area contributed by atoms with Gasteiger partial charge in [0, 0.05) is 11.8 Å². The smallest absolute Gasteiger partial charge is 0.313 e. The normalized spacial score (nSPS) is 10.5. The van der Waals surface area contributed by atoms with Crippen LogP contribution in [-0.2, 0) is 10.5 Å². The van der Waals surface area contributed by atoms with E-state index in [4.69, 9.17) is 9.63 Å². The molecule has 0 aliphatic rings. The van der Waals surface area contributed by atoms with Gasteiger partial charge in [0.2, 0.25) is 0 Å². The van der Waals surface area contributed by atoms with Crippen molar-refractivity contribution in [3.05, 3.63) is 29.3 Å². The van der Waals surface area contributed by atoms with Crippen molar-refractivity contribution in [2.45, 2.75) is 5.75 Å². The first-order valence-corrected chi connectivity index (χ1v) is 6.58. The van der Waals surface area contributed by atoms with Gasteiger partial charge in [0.1, 0.15) is 0 Å². The molecule has 0 radical (unpaired) electrons. The van der Waals surface area contributed by atoms with Crippen molar-refractivity contribution in [2.24, 2.45) is 0 Å². The van der Waals surface area contributed by atoms with Crippen LogP contribution in [0.25, 0.3) is 10.6 Å². The fourth-order valence-corrected chi connectivity index (χ4v) is 2.45. The summed E-state index contributed by atoms with van der Waals surface area (Å²) in [5, 5.41) is 14.3. The molecule has 0 aliphatic heterocycles. The molecule has 2 rings (SSSR count). The van der Waals surface area contributed by atoms with Gasteiger partial charge in [-0.05, 0) is 11.4 Å². The van der Waals surface area contributed by atoms with E-state index in [-0.39, 0.29) is 5.75 Å². The Hall–Kier alpha value is -1.27. The van der Waals surface area contributed by atoms with Crippen LogP contribution in [0, 0.1) is 0 Å². The molecule has 0 aliphatic carbocycles. The van der Waals surface area contributed by atoms with Crippen molar-refractivity contribution >= 4 is 29.1 Å². The highest BCUT2D eigenvalue weighted by molar-refractivity contribution is 7.99. The molecule has 16 heavy (non-hydrogen) atoms. The van der Waals surface area contributed by atoms with Crippen LogP contribution in [0.1, 0.15) is 5.69 Å². The van der Waals surface area contributed by atoms with Crippen LogP contribution in [0.15, 0.2) is 28.1 Å². The molecule has 0 unspecified atom stereocenters. The SMILES string of the molecule is O=C(O)CSCc1cc(-c2cccs2)on1. The van der Waals surface area contributed by atoms with Crippen LogP contribution >= 0.6 is 23.1 Å². The quantitative estimate of drug-likeness (QED) is 0.890. The fraction of sp³-hybridized carbons (Fsp3) is 0.200. The predicted octanol–water partition coefficient (Wildman–Crippen LogP) is 2.72. The highest BCUT2D eigenvalue weighted by atomic mass is 32.2. The minimum atomic E-state index is -0.813. The number of hydrogen-bond donors (Lipinski definition) is 1. The van der Waals surface area contributed by atoms with Crippen molar-refractivity contribution in [3.63, 3.8) is 0 Å². The zero-order valence-corrected chi connectivity index (χ0v) is 9.88. The molecule has 0 saturated heterocycles. The van der Waals surface area contributed by atoms with Crippen LogP contribution < -0.4 is 0 Å². The molecule has 2 aromatic rings. The topological polar surface area (TPSA) is 63.3 Å². The number of thioether (sulfide) groups is 1. The Balaban J connectivity index is 1.95. The van der Waals surface area contributed by atoms with Crippen LogP contribution in [0.4, 0.5) is 0 Å². The van der Waals surface area contributed by atoms with Crippen LogP contribution in [0.5, 0.6) is 0 Å². The lowest BCUT2D eigenvalue weighted by molar-refractivity contribution is -0.133. The molecule has 0 saturated carbocycles. The molecule has 0 atom stereocenters. The fourth-order valence-electron chi connectivity index (χ4n) is 1.16. The lowest BCUT2D eigenvalue weighted by Crippen LogP contribution is -1.98. The first-order valence-electron chi connectivity index (χ1n) is 4.55. The van der Waals surface area contributed by atoms with Crippen molar-refractivity contribution < 1.29 is 14.4 Å². The maximum atomic E-state index is 10.3. The van der Waals surface area contributed by atoms with Gasteiger partial charge in [0.25, 0.3) is 0 Å². The molecule has 4 nitrogen and oxygen atoms in total. The standard InChI is InChI=1S/C10H9NO3S2/c12-10(13)6-15-5-7-4-8(14-11-7)9-2-1-3-16-9/h1-4H,5-6H2,(H,12,13). The van der Waals surface area contributed by atoms with Gasteiger partial charge in [-0.3, -0.25) is 4.79 Å². The average molecular weight is 255 g/mol. The Morgan fingerprint density at radius 3 is 3.19 bits per heavy atom. The number of carboxylic acid groups (broad SMARTS) is 1. The third kappa shape index (κ3) is 2.86. The molecule has 0 bridgehead atoms. The molecular weight excluding hydrogens is 246 g/mol. The van der Waals surface area contributed by atoms with Crippen LogP contribution in [0.2, 0.25) is 0 Å². The minimum absolute atomic E-state index is 0.0845. The summed E-state index contributed by atoms with van der Waals surface area (Å²) >= 11 is 2.89. The highest BCUT2D eigenvalue weighted by Crippen LogP contribution is 2.26. The van der Waals surface area contributed by atoms with Gasteiger partial charge in [0.05, 0.1) is 16.3 Å². The van der Waals surface area contributed by atoms with E-state index in [9.17, 15) is 4.79 Å². The van der Waals surface area contributed by atoms with Crippen molar-refractivity contribution in [2.75, 3.05) is 5.75 Å². The van der Waals surface area contributed by atoms with Crippen molar-refractivity contribution in [1.29, 1.82) is 0 Å². The Bertz CT molecular complexity index is 464. The molecule has 0 fully saturated rings. The Morgan fingerprint density at radius 2 is 2.50 bits per heavy atom. The summed E-state index contributed by atoms with van der Waals surface area (Å²) in [5.41, 5.74) is 0.773. The number of rotatable bonds is 5. The number of aromatic nitrogens is 1. The maximum Gasteiger partial charge on any atom is 0.313 e. The molecule has 1 N–H and O–H groups in total. The second kappa shape index (κ2) is 5.18. The maximum absolute atomic E-state index is 10.3. The zero-order valence-electron chi connectivity index (χ0n) is 8.25. The Labute approximate surface area is 100 Å². The number of thiophene rings is 1. The monoisotopic (exact) mass is 255 g/mol. The first-order chi connectivity index (χ1) is 7.75. The molecule has 2 aromatic heterocycles. The van der Waals surface area contributed by atoms with Gasteiger partial charge in [-0.25, -0.2) is 0 Å². The van der Waals surface area contributed by atoms with Crippen molar-refractivity contribution in [3.8, 4) is 10.6 Å². The van der Waals surface area contributed by atoms with E-state index >= 15 is 0 Å². The minimum Gasteiger partial charge on any atom is -0.481 e. The van der Waals surface area contributed by atoms with Crippen molar-refractivity contribution in [1.82, 2.24) is 5.16 Å². The van der Waals surface area contributed by atoms with E-state index in [1.165, 1.54) is 11.8 Å². The summed E-state index contributed by atoms with van der Waals surface area (Å²) in [5.74, 6) is 0.565. The molecule has 6 heteroatoms. The van der Waals surface area contributed by atoms with E-state index in [0.29, 0.717) is 5.75 Å². The second-order valence-corrected chi connectivity index (χ2v) is 4.98. The predicted molar refractivity (Wildman–Crippen MR) is 63.6 cm³/mol. The summed E-state index contributed by atoms with van der Waals surface area (Å²) in [6.45, 7) is 0. The van der Waals surface area contributed by atoms with E-state index in [0.717, 1.165) is 16.3 Å². The van der Waals surface area contributed by atoms with Gasteiger partial charge in [-0.2, -0.15) is 0 Å².